The molecule has 136 valence electrons. The molecule has 0 radical (unpaired) electrons. The lowest BCUT2D eigenvalue weighted by Gasteiger charge is -2.36. The van der Waals surface area contributed by atoms with Crippen molar-refractivity contribution in [2.75, 3.05) is 20.3 Å². The number of H-pyrrole nitrogens is 1. The van der Waals surface area contributed by atoms with Crippen LogP contribution in [0.1, 0.15) is 46.0 Å². The Kier molecular flexibility index (Phi) is 7.36. The largest absolute Gasteiger partial charge is 0.385 e. The Morgan fingerprint density at radius 1 is 1.50 bits per heavy atom. The van der Waals surface area contributed by atoms with Crippen molar-refractivity contribution < 1.29 is 9.53 Å². The van der Waals surface area contributed by atoms with E-state index in [1.165, 1.54) is 18.2 Å². The number of methoxy groups -OCH3 is 1. The number of aromatic amines is 1. The van der Waals surface area contributed by atoms with Gasteiger partial charge in [-0.3, -0.25) is 9.36 Å². The third kappa shape index (κ3) is 4.63. The first kappa shape index (κ1) is 19.1. The van der Waals surface area contributed by atoms with Crippen LogP contribution in [0.4, 0.5) is 0 Å². The van der Waals surface area contributed by atoms with Gasteiger partial charge in [0.25, 0.3) is 0 Å². The smallest absolute Gasteiger partial charge is 0.343 e. The number of carbonyl (C=O) groups excluding carboxylic acids is 1. The zero-order valence-electron chi connectivity index (χ0n) is 14.8. The Hall–Kier alpha value is -1.28. The van der Waals surface area contributed by atoms with Crippen LogP contribution in [0.15, 0.2) is 9.95 Å². The van der Waals surface area contributed by atoms with Crippen molar-refractivity contribution in [1.29, 1.82) is 0 Å². The van der Waals surface area contributed by atoms with Gasteiger partial charge in [-0.1, -0.05) is 18.7 Å². The van der Waals surface area contributed by atoms with E-state index in [9.17, 15) is 9.59 Å². The molecular formula is C16H28N4O3S. The maximum Gasteiger partial charge on any atom is 0.343 e. The summed E-state index contributed by atoms with van der Waals surface area (Å²) in [6.07, 6.45) is 5.08. The van der Waals surface area contributed by atoms with Gasteiger partial charge in [-0.2, -0.15) is 0 Å². The second-order valence-electron chi connectivity index (χ2n) is 6.16. The lowest BCUT2D eigenvalue weighted by molar-refractivity contribution is -0.134. The van der Waals surface area contributed by atoms with Crippen molar-refractivity contribution in [3.63, 3.8) is 0 Å². The first-order valence-electron chi connectivity index (χ1n) is 8.69. The first-order chi connectivity index (χ1) is 11.6. The predicted molar refractivity (Wildman–Crippen MR) is 94.3 cm³/mol. The molecule has 1 fully saturated rings. The van der Waals surface area contributed by atoms with Crippen LogP contribution >= 0.6 is 11.8 Å². The first-order valence-corrected chi connectivity index (χ1v) is 9.57. The van der Waals surface area contributed by atoms with Gasteiger partial charge in [0.2, 0.25) is 5.91 Å². The summed E-state index contributed by atoms with van der Waals surface area (Å²) in [5.41, 5.74) is -0.238. The van der Waals surface area contributed by atoms with Gasteiger partial charge in [0, 0.05) is 32.8 Å². The van der Waals surface area contributed by atoms with Crippen LogP contribution in [-0.4, -0.2) is 57.1 Å². The minimum absolute atomic E-state index is 0.144. The molecule has 24 heavy (non-hydrogen) atoms. The van der Waals surface area contributed by atoms with Crippen LogP contribution in [0, 0.1) is 0 Å². The molecule has 1 aliphatic rings. The van der Waals surface area contributed by atoms with Crippen LogP contribution in [0.2, 0.25) is 0 Å². The minimum Gasteiger partial charge on any atom is -0.385 e. The zero-order chi connectivity index (χ0) is 17.5. The molecule has 2 rings (SSSR count). The fourth-order valence-corrected chi connectivity index (χ4v) is 4.07. The molecule has 1 saturated heterocycles. The number of hydrogen-bond acceptors (Lipinski definition) is 5. The molecule has 0 aromatic carbocycles. The van der Waals surface area contributed by atoms with Crippen molar-refractivity contribution in [1.82, 2.24) is 19.7 Å². The molecular weight excluding hydrogens is 328 g/mol. The van der Waals surface area contributed by atoms with Crippen LogP contribution in [0.5, 0.6) is 0 Å². The summed E-state index contributed by atoms with van der Waals surface area (Å²) in [7, 11) is 1.64. The number of aromatic nitrogens is 3. The Morgan fingerprint density at radius 3 is 3.00 bits per heavy atom. The number of ether oxygens (including phenoxy) is 1. The lowest BCUT2D eigenvalue weighted by Crippen LogP contribution is -2.46. The fraction of sp³-hybridized carbons (Fsp3) is 0.812. The average Bonchev–Trinajstić information content (AvgIpc) is 2.94. The van der Waals surface area contributed by atoms with Crippen molar-refractivity contribution in [3.05, 3.63) is 10.5 Å². The zero-order valence-corrected chi connectivity index (χ0v) is 15.6. The summed E-state index contributed by atoms with van der Waals surface area (Å²) in [6, 6.07) is 0.345. The molecule has 7 nitrogen and oxygen atoms in total. The third-order valence-electron chi connectivity index (χ3n) is 4.46. The Balaban J connectivity index is 2.02. The Bertz CT molecular complexity index is 586. The van der Waals surface area contributed by atoms with Gasteiger partial charge in [0.15, 0.2) is 5.16 Å². The molecule has 1 aromatic rings. The van der Waals surface area contributed by atoms with Crippen molar-refractivity contribution >= 4 is 17.7 Å². The van der Waals surface area contributed by atoms with Gasteiger partial charge in [0.05, 0.1) is 5.25 Å². The van der Waals surface area contributed by atoms with E-state index < -0.39 is 0 Å². The second kappa shape index (κ2) is 9.27. The quantitative estimate of drug-likeness (QED) is 0.568. The molecule has 8 heteroatoms. The highest BCUT2D eigenvalue weighted by Gasteiger charge is 2.30. The highest BCUT2D eigenvalue weighted by Crippen LogP contribution is 2.26. The summed E-state index contributed by atoms with van der Waals surface area (Å²) in [5, 5.41) is 6.87. The number of nitrogens with zero attached hydrogens (tertiary/aromatic N) is 3. The Morgan fingerprint density at radius 2 is 2.29 bits per heavy atom. The third-order valence-corrected chi connectivity index (χ3v) is 5.54. The van der Waals surface area contributed by atoms with Crippen LogP contribution < -0.4 is 5.69 Å². The summed E-state index contributed by atoms with van der Waals surface area (Å²) in [5.74, 6) is 0.144. The van der Waals surface area contributed by atoms with E-state index in [0.717, 1.165) is 32.2 Å². The molecule has 0 saturated carbocycles. The number of hydrogen-bond donors (Lipinski definition) is 1. The number of piperidine rings is 1. The number of carbonyl (C=O) groups is 1. The molecule has 2 heterocycles. The van der Waals surface area contributed by atoms with E-state index in [2.05, 4.69) is 17.1 Å². The van der Waals surface area contributed by atoms with Crippen LogP contribution in [0.3, 0.4) is 0 Å². The van der Waals surface area contributed by atoms with Gasteiger partial charge in [0.1, 0.15) is 0 Å². The molecule has 1 aromatic heterocycles. The molecule has 2 atom stereocenters. The van der Waals surface area contributed by atoms with Crippen LogP contribution in [-0.2, 0) is 16.1 Å². The van der Waals surface area contributed by atoms with E-state index in [4.69, 9.17) is 4.74 Å². The van der Waals surface area contributed by atoms with E-state index in [1.807, 2.05) is 11.8 Å². The predicted octanol–water partition coefficient (Wildman–Crippen LogP) is 1.88. The number of amides is 1. The monoisotopic (exact) mass is 356 g/mol. The molecule has 1 N–H and O–H groups in total. The van der Waals surface area contributed by atoms with Crippen molar-refractivity contribution in [3.8, 4) is 0 Å². The van der Waals surface area contributed by atoms with Gasteiger partial charge < -0.3 is 9.64 Å². The summed E-state index contributed by atoms with van der Waals surface area (Å²) < 4.78 is 6.61. The summed E-state index contributed by atoms with van der Waals surface area (Å²) in [4.78, 5) is 26.7. The second-order valence-corrected chi connectivity index (χ2v) is 7.47. The number of likely N-dealkylation sites (tertiary alicyclic amines) is 1. The highest BCUT2D eigenvalue weighted by molar-refractivity contribution is 8.00. The normalized spacial score (nSPS) is 19.5. The molecule has 0 aliphatic carbocycles. The summed E-state index contributed by atoms with van der Waals surface area (Å²) >= 11 is 1.35. The van der Waals surface area contributed by atoms with Gasteiger partial charge >= 0.3 is 5.69 Å². The van der Waals surface area contributed by atoms with Gasteiger partial charge in [-0.05, 0) is 39.0 Å². The van der Waals surface area contributed by atoms with E-state index >= 15 is 0 Å². The van der Waals surface area contributed by atoms with Crippen molar-refractivity contribution in [2.24, 2.45) is 0 Å². The molecule has 2 unspecified atom stereocenters. The minimum atomic E-state index is -0.256. The van der Waals surface area contributed by atoms with E-state index in [0.29, 0.717) is 24.3 Å². The highest BCUT2D eigenvalue weighted by atomic mass is 32.2. The lowest BCUT2D eigenvalue weighted by atomic mass is 10.00. The molecule has 1 aliphatic heterocycles. The molecule has 1 amide bonds. The van der Waals surface area contributed by atoms with E-state index in [1.54, 1.807) is 11.7 Å². The SMILES string of the molecule is CCC1CCCCN1C(=O)C(C)Sc1n[nH]c(=O)n1CCCOC. The Labute approximate surface area is 147 Å². The standard InChI is InChI=1S/C16H28N4O3S/c1-4-13-8-5-6-9-19(13)14(21)12(2)24-16-18-17-15(22)20(16)10-7-11-23-3/h12-13H,4-11H2,1-3H3,(H,17,22). The van der Waals surface area contributed by atoms with Crippen molar-refractivity contribution in [2.45, 2.75) is 68.9 Å². The number of thioether (sulfide) groups is 1. The number of rotatable bonds is 8. The maximum atomic E-state index is 12.8. The van der Waals surface area contributed by atoms with Crippen LogP contribution in [0.25, 0.3) is 0 Å². The average molecular weight is 356 g/mol. The molecule has 0 bridgehead atoms. The molecule has 0 spiro atoms. The topological polar surface area (TPSA) is 80.2 Å². The number of nitrogens with one attached hydrogen (secondary N) is 1. The fourth-order valence-electron chi connectivity index (χ4n) is 3.11. The maximum absolute atomic E-state index is 12.8. The van der Waals surface area contributed by atoms with Gasteiger partial charge in [-0.15, -0.1) is 5.10 Å². The van der Waals surface area contributed by atoms with Gasteiger partial charge in [-0.25, -0.2) is 9.89 Å². The summed E-state index contributed by atoms with van der Waals surface area (Å²) in [6.45, 7) is 5.99. The van der Waals surface area contributed by atoms with E-state index in [-0.39, 0.29) is 16.8 Å².